The molecule has 16 heavy (non-hydrogen) atoms. The summed E-state index contributed by atoms with van der Waals surface area (Å²) < 4.78 is 6.58. The minimum Gasteiger partial charge on any atom is -0.546 e. The number of hydrogen-bond donors (Lipinski definition) is 0. The molecule has 0 bridgehead atoms. The lowest BCUT2D eigenvalue weighted by Gasteiger charge is -2.42. The molecule has 0 saturated heterocycles. The van der Waals surface area contributed by atoms with Gasteiger partial charge < -0.3 is 4.43 Å². The molecule has 0 saturated carbocycles. The lowest BCUT2D eigenvalue weighted by molar-refractivity contribution is 0.361. The fourth-order valence-corrected chi connectivity index (χ4v) is 8.66. The Morgan fingerprint density at radius 3 is 1.81 bits per heavy atom. The second-order valence-electron chi connectivity index (χ2n) is 5.98. The van der Waals surface area contributed by atoms with Crippen molar-refractivity contribution in [3.8, 4) is 0 Å². The van der Waals surface area contributed by atoms with Crippen LogP contribution in [-0.2, 0) is 4.43 Å². The van der Waals surface area contributed by atoms with E-state index in [9.17, 15) is 0 Å². The van der Waals surface area contributed by atoms with Gasteiger partial charge in [0.1, 0.15) is 0 Å². The van der Waals surface area contributed by atoms with Gasteiger partial charge in [0.05, 0.1) is 5.76 Å². The molecule has 0 atom stereocenters. The van der Waals surface area contributed by atoms with Crippen LogP contribution in [0.4, 0.5) is 0 Å². The van der Waals surface area contributed by atoms with Crippen LogP contribution in [0.5, 0.6) is 0 Å². The fourth-order valence-electron chi connectivity index (χ4n) is 3.31. The normalized spacial score (nSPS) is 17.4. The van der Waals surface area contributed by atoms with Gasteiger partial charge in [-0.2, -0.15) is 0 Å². The minimum atomic E-state index is -1.66. The van der Waals surface area contributed by atoms with Crippen molar-refractivity contribution in [2.75, 3.05) is 0 Å². The minimum absolute atomic E-state index is 0.689. The zero-order valence-electron chi connectivity index (χ0n) is 11.8. The predicted molar refractivity (Wildman–Crippen MR) is 74.1 cm³/mol. The van der Waals surface area contributed by atoms with Gasteiger partial charge in [0.15, 0.2) is 0 Å². The smallest absolute Gasteiger partial charge is 0.258 e. The first-order valence-electron chi connectivity index (χ1n) is 6.79. The van der Waals surface area contributed by atoms with Gasteiger partial charge in [0, 0.05) is 6.42 Å². The highest BCUT2D eigenvalue weighted by atomic mass is 28.4. The molecular weight excluding hydrogens is 212 g/mol. The third kappa shape index (κ3) is 2.53. The molecule has 0 unspecified atom stereocenters. The molecule has 0 fully saturated rings. The Hall–Kier alpha value is -0.243. The van der Waals surface area contributed by atoms with E-state index in [1.54, 1.807) is 0 Å². The molecule has 1 rings (SSSR count). The molecule has 0 amide bonds. The van der Waals surface area contributed by atoms with E-state index in [-0.39, 0.29) is 0 Å². The molecule has 0 aromatic heterocycles. The summed E-state index contributed by atoms with van der Waals surface area (Å²) in [4.78, 5) is 0. The zero-order valence-corrected chi connectivity index (χ0v) is 12.8. The molecule has 1 nitrogen and oxygen atoms in total. The van der Waals surface area contributed by atoms with Crippen molar-refractivity contribution in [1.82, 2.24) is 0 Å². The summed E-state index contributed by atoms with van der Waals surface area (Å²) in [7, 11) is -1.66. The maximum Gasteiger partial charge on any atom is 0.258 e. The molecule has 1 aliphatic rings. The van der Waals surface area contributed by atoms with E-state index in [2.05, 4.69) is 47.6 Å². The Morgan fingerprint density at radius 1 is 1.00 bits per heavy atom. The molecule has 0 aromatic carbocycles. The van der Waals surface area contributed by atoms with E-state index in [1.807, 2.05) is 0 Å². The molecule has 94 valence electrons. The van der Waals surface area contributed by atoms with E-state index in [4.69, 9.17) is 4.43 Å². The van der Waals surface area contributed by atoms with E-state index in [0.29, 0.717) is 16.6 Å². The molecule has 0 aromatic rings. The average molecular weight is 240 g/mol. The summed E-state index contributed by atoms with van der Waals surface area (Å²) in [5.41, 5.74) is 2.07. The highest BCUT2D eigenvalue weighted by molar-refractivity contribution is 6.77. The first kappa shape index (κ1) is 13.8. The molecule has 1 aliphatic carbocycles. The second kappa shape index (κ2) is 5.39. The van der Waals surface area contributed by atoms with Gasteiger partial charge in [-0.05, 0) is 35.5 Å². The third-order valence-electron chi connectivity index (χ3n) is 4.01. The van der Waals surface area contributed by atoms with Crippen LogP contribution in [0.3, 0.4) is 0 Å². The van der Waals surface area contributed by atoms with Crippen LogP contribution in [0.1, 0.15) is 60.8 Å². The van der Waals surface area contributed by atoms with E-state index < -0.39 is 8.32 Å². The summed E-state index contributed by atoms with van der Waals surface area (Å²) in [5.74, 6) is 1.29. The summed E-state index contributed by atoms with van der Waals surface area (Å²) in [6.07, 6.45) is 5.98. The Morgan fingerprint density at radius 2 is 1.50 bits per heavy atom. The van der Waals surface area contributed by atoms with Gasteiger partial charge >= 0.3 is 0 Å². The highest BCUT2D eigenvalue weighted by Crippen LogP contribution is 2.44. The van der Waals surface area contributed by atoms with Crippen LogP contribution in [-0.4, -0.2) is 8.32 Å². The molecule has 0 aliphatic heterocycles. The Balaban J connectivity index is 2.92. The predicted octanol–water partition coefficient (Wildman–Crippen LogP) is 5.25. The van der Waals surface area contributed by atoms with E-state index >= 15 is 0 Å². The quantitative estimate of drug-likeness (QED) is 0.597. The van der Waals surface area contributed by atoms with Crippen molar-refractivity contribution in [2.24, 2.45) is 0 Å². The van der Waals surface area contributed by atoms with Gasteiger partial charge in [0.2, 0.25) is 0 Å². The zero-order chi connectivity index (χ0) is 12.3. The van der Waals surface area contributed by atoms with Gasteiger partial charge in [0.25, 0.3) is 8.32 Å². The van der Waals surface area contributed by atoms with Crippen molar-refractivity contribution in [1.29, 1.82) is 0 Å². The molecule has 0 N–H and O–H groups in total. The van der Waals surface area contributed by atoms with Crippen LogP contribution in [0.25, 0.3) is 0 Å². The van der Waals surface area contributed by atoms with Gasteiger partial charge in [-0.25, -0.2) is 0 Å². The standard InChI is InChI=1S/C14H28OSi/c1-11(2)16(12(3)4,13(5)6)15-14-9-7-8-10-14/h9,11-13H,7-8,10H2,1-6H3. The lowest BCUT2D eigenvalue weighted by Crippen LogP contribution is -2.47. The summed E-state index contributed by atoms with van der Waals surface area (Å²) >= 11 is 0. The summed E-state index contributed by atoms with van der Waals surface area (Å²) in [6.45, 7) is 14.1. The number of hydrogen-bond acceptors (Lipinski definition) is 1. The average Bonchev–Trinajstić information content (AvgIpc) is 2.64. The van der Waals surface area contributed by atoms with E-state index in [0.717, 1.165) is 0 Å². The first-order valence-corrected chi connectivity index (χ1v) is 8.93. The molecule has 0 spiro atoms. The van der Waals surface area contributed by atoms with Gasteiger partial charge in [-0.1, -0.05) is 41.5 Å². The van der Waals surface area contributed by atoms with Crippen LogP contribution >= 0.6 is 0 Å². The van der Waals surface area contributed by atoms with Crippen molar-refractivity contribution < 1.29 is 4.43 Å². The maximum atomic E-state index is 6.58. The van der Waals surface area contributed by atoms with Crippen molar-refractivity contribution in [3.63, 3.8) is 0 Å². The monoisotopic (exact) mass is 240 g/mol. The topological polar surface area (TPSA) is 9.23 Å². The number of rotatable bonds is 5. The summed E-state index contributed by atoms with van der Waals surface area (Å²) in [6, 6.07) is 0. The Kier molecular flexibility index (Phi) is 4.66. The third-order valence-corrected chi connectivity index (χ3v) is 10.0. The van der Waals surface area contributed by atoms with E-state index in [1.165, 1.54) is 25.0 Å². The van der Waals surface area contributed by atoms with Gasteiger partial charge in [-0.3, -0.25) is 0 Å². The molecule has 2 heteroatoms. The van der Waals surface area contributed by atoms with Crippen molar-refractivity contribution in [2.45, 2.75) is 77.4 Å². The Bertz CT molecular complexity index is 232. The fraction of sp³-hybridized carbons (Fsp3) is 0.857. The number of allylic oxidation sites excluding steroid dienone is 2. The van der Waals surface area contributed by atoms with Crippen molar-refractivity contribution in [3.05, 3.63) is 11.8 Å². The SMILES string of the molecule is CC(C)[Si](OC1=CCCC1)(C(C)C)C(C)C. The summed E-state index contributed by atoms with van der Waals surface area (Å²) in [5, 5.41) is 0. The van der Waals surface area contributed by atoms with Crippen LogP contribution in [0, 0.1) is 0 Å². The molecular formula is C14H28OSi. The highest BCUT2D eigenvalue weighted by Gasteiger charge is 2.47. The molecule has 0 heterocycles. The lowest BCUT2D eigenvalue weighted by atomic mass is 10.4. The molecule has 0 radical (unpaired) electrons. The largest absolute Gasteiger partial charge is 0.546 e. The van der Waals surface area contributed by atoms with Crippen LogP contribution < -0.4 is 0 Å². The Labute approximate surface area is 102 Å². The maximum absolute atomic E-state index is 6.58. The van der Waals surface area contributed by atoms with Crippen LogP contribution in [0.15, 0.2) is 11.8 Å². The van der Waals surface area contributed by atoms with Crippen molar-refractivity contribution >= 4 is 8.32 Å². The second-order valence-corrected chi connectivity index (χ2v) is 11.4. The van der Waals surface area contributed by atoms with Gasteiger partial charge in [-0.15, -0.1) is 0 Å². The van der Waals surface area contributed by atoms with Crippen LogP contribution in [0.2, 0.25) is 16.6 Å². The first-order chi connectivity index (χ1) is 7.41.